The summed E-state index contributed by atoms with van der Waals surface area (Å²) in [7, 11) is 0. The lowest BCUT2D eigenvalue weighted by Gasteiger charge is -2.40. The molecule has 0 spiro atoms. The largest absolute Gasteiger partial charge is 0.507 e. The quantitative estimate of drug-likeness (QED) is 0.836. The number of benzene rings is 1. The highest BCUT2D eigenvalue weighted by molar-refractivity contribution is 5.52. The van der Waals surface area contributed by atoms with Crippen LogP contribution in [0.15, 0.2) is 12.1 Å². The molecule has 2 rings (SSSR count). The summed E-state index contributed by atoms with van der Waals surface area (Å²) in [5.41, 5.74) is 9.70. The maximum Gasteiger partial charge on any atom is 0.123 e. The van der Waals surface area contributed by atoms with Gasteiger partial charge in [-0.15, -0.1) is 0 Å². The van der Waals surface area contributed by atoms with Gasteiger partial charge in [0.2, 0.25) is 0 Å². The van der Waals surface area contributed by atoms with Crippen molar-refractivity contribution in [3.63, 3.8) is 0 Å². The molecule has 118 valence electrons. The smallest absolute Gasteiger partial charge is 0.123 e. The van der Waals surface area contributed by atoms with Crippen molar-refractivity contribution in [3.8, 4) is 5.75 Å². The summed E-state index contributed by atoms with van der Waals surface area (Å²) in [5, 5.41) is 11.0. The van der Waals surface area contributed by atoms with Crippen LogP contribution in [-0.4, -0.2) is 11.7 Å². The van der Waals surface area contributed by atoms with Crippen molar-refractivity contribution in [2.45, 2.75) is 77.0 Å². The number of nitrogens with two attached hydrogens (primary N) is 1. The number of hydrogen-bond donors (Lipinski definition) is 2. The highest BCUT2D eigenvalue weighted by Crippen LogP contribution is 2.47. The van der Waals surface area contributed by atoms with Gasteiger partial charge in [-0.25, -0.2) is 0 Å². The van der Waals surface area contributed by atoms with Gasteiger partial charge < -0.3 is 10.8 Å². The van der Waals surface area contributed by atoms with Crippen molar-refractivity contribution in [1.29, 1.82) is 0 Å². The van der Waals surface area contributed by atoms with Crippen LogP contribution in [0, 0.1) is 0 Å². The first-order chi connectivity index (χ1) is 9.93. The molecule has 0 saturated heterocycles. The van der Waals surface area contributed by atoms with Gasteiger partial charge in [-0.3, -0.25) is 0 Å². The fourth-order valence-corrected chi connectivity index (χ4v) is 3.91. The molecule has 1 saturated carbocycles. The number of phenolic OH excluding ortho intramolecular Hbond substituents is 1. The predicted octanol–water partition coefficient (Wildman–Crippen LogP) is 4.80. The second-order valence-electron chi connectivity index (χ2n) is 7.32. The Hall–Kier alpha value is -1.02. The molecule has 0 aromatic heterocycles. The standard InChI is InChI=1S/C19H31NO/c1-13(2)15-8-9-16(14(3)4)18(21)17(15)19(12-20)10-6-5-7-11-19/h8-9,13-14,21H,5-7,10-12,20H2,1-4H3. The van der Waals surface area contributed by atoms with E-state index < -0.39 is 0 Å². The summed E-state index contributed by atoms with van der Waals surface area (Å²) in [6.45, 7) is 9.34. The highest BCUT2D eigenvalue weighted by Gasteiger charge is 2.37. The first-order valence-electron chi connectivity index (χ1n) is 8.49. The minimum absolute atomic E-state index is 0.0210. The maximum atomic E-state index is 11.0. The molecule has 0 radical (unpaired) electrons. The monoisotopic (exact) mass is 289 g/mol. The van der Waals surface area contributed by atoms with Crippen molar-refractivity contribution < 1.29 is 5.11 Å². The summed E-state index contributed by atoms with van der Waals surface area (Å²) in [5.74, 6) is 1.27. The lowest BCUT2D eigenvalue weighted by atomic mass is 9.66. The van der Waals surface area contributed by atoms with E-state index in [1.807, 2.05) is 0 Å². The van der Waals surface area contributed by atoms with Gasteiger partial charge >= 0.3 is 0 Å². The Kier molecular flexibility index (Phi) is 4.98. The van der Waals surface area contributed by atoms with E-state index in [-0.39, 0.29) is 5.41 Å². The van der Waals surface area contributed by atoms with Gasteiger partial charge in [-0.1, -0.05) is 59.1 Å². The summed E-state index contributed by atoms with van der Waals surface area (Å²) in [6, 6.07) is 4.33. The van der Waals surface area contributed by atoms with Crippen LogP contribution in [0.4, 0.5) is 0 Å². The van der Waals surface area contributed by atoms with Gasteiger partial charge in [0.25, 0.3) is 0 Å². The fraction of sp³-hybridized carbons (Fsp3) is 0.684. The van der Waals surface area contributed by atoms with E-state index in [1.54, 1.807) is 0 Å². The molecule has 0 amide bonds. The number of rotatable bonds is 4. The number of aromatic hydroxyl groups is 1. The fourth-order valence-electron chi connectivity index (χ4n) is 3.91. The van der Waals surface area contributed by atoms with Gasteiger partial charge in [-0.2, -0.15) is 0 Å². The van der Waals surface area contributed by atoms with Crippen LogP contribution in [0.3, 0.4) is 0 Å². The third kappa shape index (κ3) is 2.96. The van der Waals surface area contributed by atoms with Crippen LogP contribution in [-0.2, 0) is 5.41 Å². The van der Waals surface area contributed by atoms with Gasteiger partial charge in [0.1, 0.15) is 5.75 Å². The molecule has 0 heterocycles. The van der Waals surface area contributed by atoms with Gasteiger partial charge in [-0.05, 0) is 35.8 Å². The van der Waals surface area contributed by atoms with Crippen LogP contribution in [0.1, 0.15) is 88.3 Å². The van der Waals surface area contributed by atoms with Gasteiger partial charge in [0.05, 0.1) is 0 Å². The first kappa shape index (κ1) is 16.4. The van der Waals surface area contributed by atoms with E-state index in [2.05, 4.69) is 39.8 Å². The summed E-state index contributed by atoms with van der Waals surface area (Å²) >= 11 is 0. The molecule has 21 heavy (non-hydrogen) atoms. The van der Waals surface area contributed by atoms with Crippen LogP contribution in [0.5, 0.6) is 5.75 Å². The molecule has 1 aromatic rings. The zero-order valence-corrected chi connectivity index (χ0v) is 14.1. The minimum Gasteiger partial charge on any atom is -0.507 e. The second kappa shape index (κ2) is 6.39. The Morgan fingerprint density at radius 3 is 2.00 bits per heavy atom. The molecule has 0 bridgehead atoms. The van der Waals surface area contributed by atoms with E-state index >= 15 is 0 Å². The van der Waals surface area contributed by atoms with E-state index in [4.69, 9.17) is 5.73 Å². The van der Waals surface area contributed by atoms with Crippen LogP contribution in [0.25, 0.3) is 0 Å². The zero-order valence-electron chi connectivity index (χ0n) is 14.1. The van der Waals surface area contributed by atoms with Crippen LogP contribution >= 0.6 is 0 Å². The van der Waals surface area contributed by atoms with Crippen molar-refractivity contribution in [1.82, 2.24) is 0 Å². The van der Waals surface area contributed by atoms with Crippen LogP contribution in [0.2, 0.25) is 0 Å². The van der Waals surface area contributed by atoms with Gasteiger partial charge in [0, 0.05) is 17.5 Å². The molecular formula is C19H31NO. The molecule has 1 aromatic carbocycles. The Morgan fingerprint density at radius 1 is 1.00 bits per heavy atom. The normalized spacial score (nSPS) is 18.4. The average Bonchev–Trinajstić information content (AvgIpc) is 2.47. The van der Waals surface area contributed by atoms with Crippen molar-refractivity contribution in [2.75, 3.05) is 6.54 Å². The average molecular weight is 289 g/mol. The van der Waals surface area contributed by atoms with Crippen molar-refractivity contribution in [3.05, 3.63) is 28.8 Å². The third-order valence-electron chi connectivity index (χ3n) is 5.22. The molecule has 0 atom stereocenters. The topological polar surface area (TPSA) is 46.2 Å². The Morgan fingerprint density at radius 2 is 1.52 bits per heavy atom. The highest BCUT2D eigenvalue weighted by atomic mass is 16.3. The van der Waals surface area contributed by atoms with E-state index in [0.717, 1.165) is 24.0 Å². The lowest BCUT2D eigenvalue weighted by Crippen LogP contribution is -2.38. The molecule has 1 aliphatic carbocycles. The second-order valence-corrected chi connectivity index (χ2v) is 7.32. The lowest BCUT2D eigenvalue weighted by molar-refractivity contribution is 0.287. The molecule has 1 aliphatic rings. The van der Waals surface area contributed by atoms with E-state index in [9.17, 15) is 5.11 Å². The molecular weight excluding hydrogens is 258 g/mol. The Labute approximate surface area is 129 Å². The molecule has 3 N–H and O–H groups in total. The molecule has 0 unspecified atom stereocenters. The van der Waals surface area contributed by atoms with Crippen molar-refractivity contribution >= 4 is 0 Å². The van der Waals surface area contributed by atoms with E-state index in [0.29, 0.717) is 24.1 Å². The summed E-state index contributed by atoms with van der Waals surface area (Å²) in [4.78, 5) is 0. The summed E-state index contributed by atoms with van der Waals surface area (Å²) in [6.07, 6.45) is 5.96. The predicted molar refractivity (Wildman–Crippen MR) is 90.1 cm³/mol. The number of phenols is 1. The molecule has 2 heteroatoms. The Bertz CT molecular complexity index is 485. The minimum atomic E-state index is -0.0210. The van der Waals surface area contributed by atoms with E-state index in [1.165, 1.54) is 24.8 Å². The zero-order chi connectivity index (χ0) is 15.6. The first-order valence-corrected chi connectivity index (χ1v) is 8.49. The molecule has 1 fully saturated rings. The Balaban J connectivity index is 2.65. The van der Waals surface area contributed by atoms with Crippen LogP contribution < -0.4 is 5.73 Å². The molecule has 0 aliphatic heterocycles. The molecule has 2 nitrogen and oxygen atoms in total. The number of hydrogen-bond acceptors (Lipinski definition) is 2. The van der Waals surface area contributed by atoms with Gasteiger partial charge in [0.15, 0.2) is 0 Å². The third-order valence-corrected chi connectivity index (χ3v) is 5.22. The summed E-state index contributed by atoms with van der Waals surface area (Å²) < 4.78 is 0. The maximum absolute atomic E-state index is 11.0. The van der Waals surface area contributed by atoms with Crippen molar-refractivity contribution in [2.24, 2.45) is 5.73 Å². The SMILES string of the molecule is CC(C)c1ccc(C(C)C)c(C2(CN)CCCCC2)c1O.